The van der Waals surface area contributed by atoms with Crippen LogP contribution in [0.5, 0.6) is 5.75 Å². The number of carbonyl (C=O) groups is 1. The van der Waals surface area contributed by atoms with Gasteiger partial charge < -0.3 is 10.1 Å². The zero-order valence-corrected chi connectivity index (χ0v) is 12.4. The van der Waals surface area contributed by atoms with Crippen molar-refractivity contribution in [1.29, 1.82) is 5.26 Å². The van der Waals surface area contributed by atoms with Crippen molar-refractivity contribution in [3.8, 4) is 11.8 Å². The number of ether oxygens (including phenoxy) is 1. The van der Waals surface area contributed by atoms with Crippen molar-refractivity contribution in [2.45, 2.75) is 12.8 Å². The molecule has 1 rings (SSSR count). The largest absolute Gasteiger partial charge is 0.495 e. The molecular weight excluding hydrogens is 278 g/mol. The fourth-order valence-corrected chi connectivity index (χ4v) is 1.89. The summed E-state index contributed by atoms with van der Waals surface area (Å²) in [5.74, 6) is 0.417. The Morgan fingerprint density at radius 1 is 1.55 bits per heavy atom. The van der Waals surface area contributed by atoms with Gasteiger partial charge in [0.05, 0.1) is 25.4 Å². The van der Waals surface area contributed by atoms with Gasteiger partial charge in [-0.2, -0.15) is 5.26 Å². The predicted octanol–water partition coefficient (Wildman–Crippen LogP) is 2.52. The topological polar surface area (TPSA) is 65.4 Å². The summed E-state index contributed by atoms with van der Waals surface area (Å²) in [6.45, 7) is 0.953. The van der Waals surface area contributed by atoms with Crippen LogP contribution < -0.4 is 10.1 Å². The molecule has 0 bridgehead atoms. The Kier molecular flexibility index (Phi) is 6.85. The number of rotatable bonds is 7. The van der Waals surface area contributed by atoms with Crippen LogP contribution in [0.4, 0.5) is 5.69 Å². The Hall–Kier alpha value is -1.77. The highest BCUT2D eigenvalue weighted by Gasteiger charge is 2.10. The zero-order chi connectivity index (χ0) is 15.0. The first-order valence-electron chi connectivity index (χ1n) is 6.25. The number of nitrogens with zero attached hydrogens (tertiary/aromatic N) is 2. The summed E-state index contributed by atoms with van der Waals surface area (Å²) in [6.07, 6.45) is 1.24. The highest BCUT2D eigenvalue weighted by Crippen LogP contribution is 2.27. The third-order valence-electron chi connectivity index (χ3n) is 2.68. The summed E-state index contributed by atoms with van der Waals surface area (Å²) in [4.78, 5) is 13.8. The molecule has 0 radical (unpaired) electrons. The fraction of sp³-hybridized carbons (Fsp3) is 0.429. The van der Waals surface area contributed by atoms with Crippen LogP contribution >= 0.6 is 11.6 Å². The summed E-state index contributed by atoms with van der Waals surface area (Å²) in [7, 11) is 3.37. The molecule has 0 saturated heterocycles. The Labute approximate surface area is 124 Å². The second-order valence-electron chi connectivity index (χ2n) is 4.39. The molecule has 1 aromatic rings. The van der Waals surface area contributed by atoms with Crippen molar-refractivity contribution in [2.24, 2.45) is 0 Å². The van der Waals surface area contributed by atoms with E-state index in [-0.39, 0.29) is 12.5 Å². The normalized spacial score (nSPS) is 10.2. The number of methoxy groups -OCH3 is 1. The number of unbranched alkanes of at least 4 members (excludes halogenated alkanes) is 1. The average molecular weight is 296 g/mol. The van der Waals surface area contributed by atoms with Gasteiger partial charge in [-0.25, -0.2) is 0 Å². The SMILES string of the molecule is COc1ccc(Cl)cc1NC(=O)CN(C)CCCC#N. The third kappa shape index (κ3) is 5.47. The Morgan fingerprint density at radius 2 is 2.30 bits per heavy atom. The molecule has 20 heavy (non-hydrogen) atoms. The molecule has 0 heterocycles. The molecule has 0 aliphatic heterocycles. The van der Waals surface area contributed by atoms with E-state index in [1.807, 2.05) is 11.9 Å². The van der Waals surface area contributed by atoms with Crippen LogP contribution in [0.2, 0.25) is 5.02 Å². The predicted molar refractivity (Wildman–Crippen MR) is 79.0 cm³/mol. The van der Waals surface area contributed by atoms with Crippen LogP contribution in [0, 0.1) is 11.3 Å². The lowest BCUT2D eigenvalue weighted by atomic mass is 10.3. The molecule has 0 saturated carbocycles. The molecule has 0 unspecified atom stereocenters. The van der Waals surface area contributed by atoms with Crippen LogP contribution in [0.15, 0.2) is 18.2 Å². The third-order valence-corrected chi connectivity index (χ3v) is 2.91. The fourth-order valence-electron chi connectivity index (χ4n) is 1.72. The minimum Gasteiger partial charge on any atom is -0.495 e. The number of amides is 1. The van der Waals surface area contributed by atoms with Crippen LogP contribution in [0.3, 0.4) is 0 Å². The lowest BCUT2D eigenvalue weighted by molar-refractivity contribution is -0.117. The summed E-state index contributed by atoms with van der Waals surface area (Å²) in [5, 5.41) is 11.8. The van der Waals surface area contributed by atoms with Crippen LogP contribution in [-0.2, 0) is 4.79 Å². The first-order valence-corrected chi connectivity index (χ1v) is 6.63. The number of nitrogens with one attached hydrogen (secondary N) is 1. The molecule has 0 fully saturated rings. The van der Waals surface area contributed by atoms with Crippen LogP contribution in [0.1, 0.15) is 12.8 Å². The van der Waals surface area contributed by atoms with Crippen molar-refractivity contribution in [3.63, 3.8) is 0 Å². The van der Waals surface area contributed by atoms with E-state index < -0.39 is 0 Å². The van der Waals surface area contributed by atoms with Gasteiger partial charge in [-0.3, -0.25) is 9.69 Å². The van der Waals surface area contributed by atoms with Gasteiger partial charge in [0.25, 0.3) is 0 Å². The molecule has 6 heteroatoms. The van der Waals surface area contributed by atoms with Crippen molar-refractivity contribution in [1.82, 2.24) is 4.90 Å². The Bertz CT molecular complexity index is 500. The molecule has 0 spiro atoms. The molecule has 1 N–H and O–H groups in total. The molecule has 0 aliphatic rings. The van der Waals surface area contributed by atoms with E-state index in [4.69, 9.17) is 21.6 Å². The molecule has 108 valence electrons. The van der Waals surface area contributed by atoms with E-state index in [2.05, 4.69) is 11.4 Å². The highest BCUT2D eigenvalue weighted by atomic mass is 35.5. The number of nitriles is 1. The molecule has 1 aromatic carbocycles. The van der Waals surface area contributed by atoms with E-state index in [0.29, 0.717) is 29.4 Å². The molecule has 0 aromatic heterocycles. The lowest BCUT2D eigenvalue weighted by Gasteiger charge is -2.16. The van der Waals surface area contributed by atoms with Crippen molar-refractivity contribution >= 4 is 23.2 Å². The molecule has 0 atom stereocenters. The van der Waals surface area contributed by atoms with E-state index in [1.165, 1.54) is 7.11 Å². The Morgan fingerprint density at radius 3 is 2.95 bits per heavy atom. The molecule has 1 amide bonds. The van der Waals surface area contributed by atoms with Gasteiger partial charge in [0.2, 0.25) is 5.91 Å². The number of carbonyl (C=O) groups excluding carboxylic acids is 1. The number of halogens is 1. The summed E-state index contributed by atoms with van der Waals surface area (Å²) >= 11 is 5.90. The quantitative estimate of drug-likeness (QED) is 0.785. The number of anilines is 1. The zero-order valence-electron chi connectivity index (χ0n) is 11.6. The number of benzene rings is 1. The smallest absolute Gasteiger partial charge is 0.238 e. The Balaban J connectivity index is 2.54. The van der Waals surface area contributed by atoms with E-state index in [9.17, 15) is 4.79 Å². The lowest BCUT2D eigenvalue weighted by Crippen LogP contribution is -2.31. The van der Waals surface area contributed by atoms with Gasteiger partial charge in [0, 0.05) is 11.4 Å². The van der Waals surface area contributed by atoms with E-state index >= 15 is 0 Å². The molecule has 5 nitrogen and oxygen atoms in total. The maximum atomic E-state index is 11.9. The summed E-state index contributed by atoms with van der Waals surface area (Å²) in [6, 6.07) is 7.13. The number of hydrogen-bond donors (Lipinski definition) is 1. The highest BCUT2D eigenvalue weighted by molar-refractivity contribution is 6.31. The van der Waals surface area contributed by atoms with Crippen molar-refractivity contribution < 1.29 is 9.53 Å². The number of hydrogen-bond acceptors (Lipinski definition) is 4. The average Bonchev–Trinajstić information content (AvgIpc) is 2.39. The van der Waals surface area contributed by atoms with Crippen molar-refractivity contribution in [3.05, 3.63) is 23.2 Å². The second-order valence-corrected chi connectivity index (χ2v) is 4.83. The second kappa shape index (κ2) is 8.41. The van der Waals surface area contributed by atoms with Gasteiger partial charge in [-0.15, -0.1) is 0 Å². The monoisotopic (exact) mass is 295 g/mol. The maximum Gasteiger partial charge on any atom is 0.238 e. The van der Waals surface area contributed by atoms with E-state index in [0.717, 1.165) is 6.42 Å². The first kappa shape index (κ1) is 16.3. The van der Waals surface area contributed by atoms with Crippen molar-refractivity contribution in [2.75, 3.05) is 32.6 Å². The van der Waals surface area contributed by atoms with Gasteiger partial charge in [-0.1, -0.05) is 11.6 Å². The van der Waals surface area contributed by atoms with Gasteiger partial charge >= 0.3 is 0 Å². The van der Waals surface area contributed by atoms with Gasteiger partial charge in [0.15, 0.2) is 0 Å². The summed E-state index contributed by atoms with van der Waals surface area (Å²) in [5.41, 5.74) is 0.551. The molecule has 0 aliphatic carbocycles. The van der Waals surface area contributed by atoms with E-state index in [1.54, 1.807) is 18.2 Å². The van der Waals surface area contributed by atoms with Crippen LogP contribution in [-0.4, -0.2) is 38.1 Å². The molecular formula is C14H18ClN3O2. The van der Waals surface area contributed by atoms with Gasteiger partial charge in [-0.05, 0) is 38.2 Å². The number of likely N-dealkylation sites (N-methyl/N-ethyl adjacent to an activating group) is 1. The minimum atomic E-state index is -0.148. The first-order chi connectivity index (χ1) is 9.56. The minimum absolute atomic E-state index is 0.148. The standard InChI is InChI=1S/C14H18ClN3O2/c1-18(8-4-3-7-16)10-14(19)17-12-9-11(15)5-6-13(12)20-2/h5-6,9H,3-4,8,10H2,1-2H3,(H,17,19). The van der Waals surface area contributed by atoms with Crippen LogP contribution in [0.25, 0.3) is 0 Å². The summed E-state index contributed by atoms with van der Waals surface area (Å²) < 4.78 is 5.16. The van der Waals surface area contributed by atoms with Gasteiger partial charge in [0.1, 0.15) is 5.75 Å². The maximum absolute atomic E-state index is 11.9.